The highest BCUT2D eigenvalue weighted by atomic mass is 16.5. The number of aliphatic carboxylic acids is 1. The number of ether oxygens (including phenoxy) is 1. The van der Waals surface area contributed by atoms with Gasteiger partial charge in [0.2, 0.25) is 0 Å². The van der Waals surface area contributed by atoms with Crippen molar-refractivity contribution in [2.24, 2.45) is 11.7 Å². The van der Waals surface area contributed by atoms with Crippen molar-refractivity contribution >= 4 is 11.9 Å². The van der Waals surface area contributed by atoms with Crippen molar-refractivity contribution in [1.29, 1.82) is 0 Å². The van der Waals surface area contributed by atoms with Gasteiger partial charge in [-0.3, -0.25) is 4.79 Å². The van der Waals surface area contributed by atoms with Gasteiger partial charge in [0.15, 0.2) is 0 Å². The minimum atomic E-state index is -0.800. The molecule has 2 atom stereocenters. The zero-order valence-electron chi connectivity index (χ0n) is 10.1. The van der Waals surface area contributed by atoms with Crippen LogP contribution in [0.2, 0.25) is 0 Å². The van der Waals surface area contributed by atoms with E-state index >= 15 is 0 Å². The Balaban J connectivity index is 2.32. The first-order valence-electron chi connectivity index (χ1n) is 5.72. The molecule has 1 aliphatic rings. The molecule has 0 saturated heterocycles. The Morgan fingerprint density at radius 1 is 1.50 bits per heavy atom. The lowest BCUT2D eigenvalue weighted by atomic mass is 9.99. The summed E-state index contributed by atoms with van der Waals surface area (Å²) < 4.78 is 4.65. The molecule has 0 heterocycles. The number of carbonyl (C=O) groups is 2. The number of hydrogen-bond acceptors (Lipinski definition) is 4. The average Bonchev–Trinajstić information content (AvgIpc) is 3.17. The van der Waals surface area contributed by atoms with Gasteiger partial charge in [-0.15, -0.1) is 0 Å². The van der Waals surface area contributed by atoms with Crippen LogP contribution in [0, 0.1) is 5.92 Å². The third-order valence-electron chi connectivity index (χ3n) is 3.29. The van der Waals surface area contributed by atoms with Crippen LogP contribution in [0.3, 0.4) is 0 Å². The van der Waals surface area contributed by atoms with E-state index in [1.165, 1.54) is 7.11 Å². The van der Waals surface area contributed by atoms with Gasteiger partial charge in [-0.1, -0.05) is 6.07 Å². The fourth-order valence-corrected chi connectivity index (χ4v) is 2.18. The largest absolute Gasteiger partial charge is 0.481 e. The highest BCUT2D eigenvalue weighted by Crippen LogP contribution is 2.48. The number of esters is 1. The van der Waals surface area contributed by atoms with Crippen LogP contribution in [0.15, 0.2) is 18.2 Å². The number of carboxylic acid groups (broad SMARTS) is 1. The van der Waals surface area contributed by atoms with E-state index in [1.54, 1.807) is 18.2 Å². The number of carbonyl (C=O) groups excluding carboxylic acids is 1. The van der Waals surface area contributed by atoms with Crippen molar-refractivity contribution < 1.29 is 19.4 Å². The monoisotopic (exact) mass is 249 g/mol. The molecule has 96 valence electrons. The summed E-state index contributed by atoms with van der Waals surface area (Å²) in [6.07, 6.45) is 0.604. The molecular weight excluding hydrogens is 234 g/mol. The summed E-state index contributed by atoms with van der Waals surface area (Å²) in [6.45, 7) is 0.333. The van der Waals surface area contributed by atoms with Crippen LogP contribution in [-0.2, 0) is 16.1 Å². The summed E-state index contributed by atoms with van der Waals surface area (Å²) in [7, 11) is 1.32. The maximum atomic E-state index is 11.5. The molecule has 0 unspecified atom stereocenters. The molecule has 0 amide bonds. The molecule has 0 aliphatic heterocycles. The van der Waals surface area contributed by atoms with E-state index in [-0.39, 0.29) is 11.8 Å². The zero-order valence-corrected chi connectivity index (χ0v) is 10.1. The third kappa shape index (κ3) is 2.22. The maximum Gasteiger partial charge on any atom is 0.337 e. The fourth-order valence-electron chi connectivity index (χ4n) is 2.18. The quantitative estimate of drug-likeness (QED) is 0.780. The second kappa shape index (κ2) is 4.78. The second-order valence-corrected chi connectivity index (χ2v) is 4.40. The summed E-state index contributed by atoms with van der Waals surface area (Å²) in [6, 6.07) is 5.11. The summed E-state index contributed by atoms with van der Waals surface area (Å²) in [5.41, 5.74) is 7.80. The molecule has 0 aromatic heterocycles. The van der Waals surface area contributed by atoms with Crippen LogP contribution < -0.4 is 5.73 Å². The molecule has 3 N–H and O–H groups in total. The first-order valence-corrected chi connectivity index (χ1v) is 5.72. The first kappa shape index (κ1) is 12.6. The third-order valence-corrected chi connectivity index (χ3v) is 3.29. The molecular formula is C13H15NO4. The van der Waals surface area contributed by atoms with Gasteiger partial charge in [0.1, 0.15) is 0 Å². The van der Waals surface area contributed by atoms with E-state index in [0.29, 0.717) is 18.5 Å². The van der Waals surface area contributed by atoms with Crippen LogP contribution in [0.25, 0.3) is 0 Å². The molecule has 0 radical (unpaired) electrons. The number of rotatable bonds is 4. The van der Waals surface area contributed by atoms with Crippen molar-refractivity contribution in [1.82, 2.24) is 0 Å². The van der Waals surface area contributed by atoms with Crippen LogP contribution in [0.4, 0.5) is 0 Å². The van der Waals surface area contributed by atoms with Crippen molar-refractivity contribution in [2.45, 2.75) is 18.9 Å². The molecule has 18 heavy (non-hydrogen) atoms. The Morgan fingerprint density at radius 3 is 2.72 bits per heavy atom. The first-order chi connectivity index (χ1) is 8.58. The summed E-state index contributed by atoms with van der Waals surface area (Å²) >= 11 is 0. The van der Waals surface area contributed by atoms with Crippen molar-refractivity contribution in [3.63, 3.8) is 0 Å². The van der Waals surface area contributed by atoms with Crippen LogP contribution >= 0.6 is 0 Å². The fraction of sp³-hybridized carbons (Fsp3) is 0.385. The number of benzene rings is 1. The van der Waals surface area contributed by atoms with Gasteiger partial charge in [-0.2, -0.15) is 0 Å². The Morgan fingerprint density at radius 2 is 2.22 bits per heavy atom. The predicted octanol–water partition coefficient (Wildman–Crippen LogP) is 1.12. The van der Waals surface area contributed by atoms with Gasteiger partial charge in [0.25, 0.3) is 0 Å². The molecule has 1 fully saturated rings. The Kier molecular flexibility index (Phi) is 3.34. The van der Waals surface area contributed by atoms with Gasteiger partial charge < -0.3 is 15.6 Å². The highest BCUT2D eigenvalue weighted by Gasteiger charge is 2.45. The lowest BCUT2D eigenvalue weighted by Gasteiger charge is -2.09. The van der Waals surface area contributed by atoms with E-state index in [9.17, 15) is 9.59 Å². The van der Waals surface area contributed by atoms with Gasteiger partial charge in [0, 0.05) is 6.54 Å². The normalized spacial score (nSPS) is 21.4. The van der Waals surface area contributed by atoms with Crippen LogP contribution in [0.1, 0.15) is 33.8 Å². The van der Waals surface area contributed by atoms with Gasteiger partial charge >= 0.3 is 11.9 Å². The van der Waals surface area contributed by atoms with Gasteiger partial charge in [-0.05, 0) is 35.6 Å². The molecule has 1 saturated carbocycles. The summed E-state index contributed by atoms with van der Waals surface area (Å²) in [5, 5.41) is 8.95. The molecule has 5 nitrogen and oxygen atoms in total. The van der Waals surface area contributed by atoms with E-state index in [0.717, 1.165) is 11.1 Å². The number of carboxylic acids is 1. The Hall–Kier alpha value is -1.88. The predicted molar refractivity (Wildman–Crippen MR) is 64.2 cm³/mol. The molecule has 1 aliphatic carbocycles. The topological polar surface area (TPSA) is 89.6 Å². The minimum Gasteiger partial charge on any atom is -0.481 e. The Labute approximate surface area is 105 Å². The average molecular weight is 249 g/mol. The minimum absolute atomic E-state index is 0.0364. The SMILES string of the molecule is COC(=O)c1ccc(CN)c([C@@H]2C[C@H]2C(=O)O)c1. The molecule has 2 rings (SSSR count). The number of nitrogens with two attached hydrogens (primary N) is 1. The van der Waals surface area contributed by atoms with Gasteiger partial charge in [-0.25, -0.2) is 4.79 Å². The smallest absolute Gasteiger partial charge is 0.337 e. The van der Waals surface area contributed by atoms with E-state index in [2.05, 4.69) is 4.74 Å². The van der Waals surface area contributed by atoms with Crippen LogP contribution in [-0.4, -0.2) is 24.2 Å². The molecule has 0 bridgehead atoms. The standard InChI is InChI=1S/C13H15NO4/c1-18-13(17)7-2-3-8(6-14)9(4-7)10-5-11(10)12(15)16/h2-4,10-11H,5-6,14H2,1H3,(H,15,16)/t10-,11+/m0/s1. The van der Waals surface area contributed by atoms with Crippen molar-refractivity contribution in [3.8, 4) is 0 Å². The van der Waals surface area contributed by atoms with Crippen molar-refractivity contribution in [2.75, 3.05) is 7.11 Å². The van der Waals surface area contributed by atoms with E-state index in [4.69, 9.17) is 10.8 Å². The summed E-state index contributed by atoms with van der Waals surface area (Å²) in [5.74, 6) is -1.62. The molecule has 5 heteroatoms. The number of hydrogen-bond donors (Lipinski definition) is 2. The molecule has 1 aromatic carbocycles. The molecule has 1 aromatic rings. The van der Waals surface area contributed by atoms with Crippen LogP contribution in [0.5, 0.6) is 0 Å². The second-order valence-electron chi connectivity index (χ2n) is 4.40. The zero-order chi connectivity index (χ0) is 13.3. The number of methoxy groups -OCH3 is 1. The van der Waals surface area contributed by atoms with E-state index in [1.807, 2.05) is 0 Å². The Bertz CT molecular complexity index is 498. The lowest BCUT2D eigenvalue weighted by Crippen LogP contribution is -2.07. The van der Waals surface area contributed by atoms with Gasteiger partial charge in [0.05, 0.1) is 18.6 Å². The molecule has 0 spiro atoms. The lowest BCUT2D eigenvalue weighted by molar-refractivity contribution is -0.138. The van der Waals surface area contributed by atoms with E-state index < -0.39 is 11.9 Å². The highest BCUT2D eigenvalue weighted by molar-refractivity contribution is 5.89. The maximum absolute atomic E-state index is 11.5. The van der Waals surface area contributed by atoms with Crippen molar-refractivity contribution in [3.05, 3.63) is 34.9 Å². The summed E-state index contributed by atoms with van der Waals surface area (Å²) in [4.78, 5) is 22.4.